The van der Waals surface area contributed by atoms with Gasteiger partial charge in [0.05, 0.1) is 12.1 Å². The van der Waals surface area contributed by atoms with Crippen molar-refractivity contribution in [2.45, 2.75) is 19.3 Å². The number of anilines is 1. The van der Waals surface area contributed by atoms with Crippen LogP contribution < -0.4 is 5.32 Å². The van der Waals surface area contributed by atoms with Crippen LogP contribution in [0.1, 0.15) is 24.1 Å². The number of hydrogen-bond acceptors (Lipinski definition) is 4. The van der Waals surface area contributed by atoms with Crippen LogP contribution in [0, 0.1) is 0 Å². The highest BCUT2D eigenvalue weighted by atomic mass is 32.1. The van der Waals surface area contributed by atoms with E-state index in [-0.39, 0.29) is 12.3 Å². The fourth-order valence-electron chi connectivity index (χ4n) is 1.78. The van der Waals surface area contributed by atoms with Gasteiger partial charge in [-0.3, -0.25) is 9.59 Å². The first-order valence-electron chi connectivity index (χ1n) is 6.81. The number of aromatic nitrogens is 1. The molecule has 1 aromatic carbocycles. The molecule has 0 radical (unpaired) electrons. The molecular weight excluding hydrogens is 300 g/mol. The Kier molecular flexibility index (Phi) is 5.85. The Balaban J connectivity index is 1.75. The van der Waals surface area contributed by atoms with Gasteiger partial charge in [0.1, 0.15) is 0 Å². The lowest BCUT2D eigenvalue weighted by Gasteiger charge is -1.99. The van der Waals surface area contributed by atoms with E-state index < -0.39 is 5.97 Å². The lowest BCUT2D eigenvalue weighted by molar-refractivity contribution is -0.136. The van der Waals surface area contributed by atoms with Crippen molar-refractivity contribution in [1.82, 2.24) is 4.98 Å². The van der Waals surface area contributed by atoms with Gasteiger partial charge < -0.3 is 10.4 Å². The number of carbonyl (C=O) groups is 2. The zero-order valence-electron chi connectivity index (χ0n) is 11.9. The molecule has 2 aromatic rings. The molecule has 22 heavy (non-hydrogen) atoms. The summed E-state index contributed by atoms with van der Waals surface area (Å²) in [7, 11) is 0. The SMILES string of the molecule is O=C(O)Cc1csc(NC(=O)CC/C=C/c2ccccc2)n1. The molecule has 0 saturated carbocycles. The molecule has 1 aromatic heterocycles. The number of carboxylic acids is 1. The quantitative estimate of drug-likeness (QED) is 0.822. The average Bonchev–Trinajstić information content (AvgIpc) is 2.91. The Morgan fingerprint density at radius 3 is 2.77 bits per heavy atom. The first-order valence-corrected chi connectivity index (χ1v) is 7.69. The molecule has 6 heteroatoms. The van der Waals surface area contributed by atoms with Crippen molar-refractivity contribution in [3.63, 3.8) is 0 Å². The van der Waals surface area contributed by atoms with E-state index in [0.717, 1.165) is 5.56 Å². The molecule has 1 heterocycles. The third-order valence-corrected chi connectivity index (χ3v) is 3.58. The smallest absolute Gasteiger partial charge is 0.309 e. The number of amides is 1. The number of benzene rings is 1. The summed E-state index contributed by atoms with van der Waals surface area (Å²) in [5.41, 5.74) is 1.55. The van der Waals surface area contributed by atoms with Crippen molar-refractivity contribution in [1.29, 1.82) is 0 Å². The minimum absolute atomic E-state index is 0.131. The van der Waals surface area contributed by atoms with Crippen molar-refractivity contribution < 1.29 is 14.7 Å². The third kappa shape index (κ3) is 5.49. The Morgan fingerprint density at radius 1 is 1.27 bits per heavy atom. The van der Waals surface area contributed by atoms with E-state index in [0.29, 0.717) is 23.7 Å². The summed E-state index contributed by atoms with van der Waals surface area (Å²) >= 11 is 1.23. The van der Waals surface area contributed by atoms with E-state index in [1.165, 1.54) is 11.3 Å². The van der Waals surface area contributed by atoms with Gasteiger partial charge in [-0.05, 0) is 12.0 Å². The molecule has 0 bridgehead atoms. The van der Waals surface area contributed by atoms with Gasteiger partial charge in [0.2, 0.25) is 5.91 Å². The van der Waals surface area contributed by atoms with Gasteiger partial charge >= 0.3 is 5.97 Å². The summed E-state index contributed by atoms with van der Waals surface area (Å²) in [6, 6.07) is 9.87. The van der Waals surface area contributed by atoms with E-state index in [1.807, 2.05) is 42.5 Å². The van der Waals surface area contributed by atoms with E-state index in [4.69, 9.17) is 5.11 Å². The van der Waals surface area contributed by atoms with Crippen LogP contribution in [0.3, 0.4) is 0 Å². The molecular formula is C16H16N2O3S. The molecule has 0 spiro atoms. The highest BCUT2D eigenvalue weighted by molar-refractivity contribution is 7.13. The average molecular weight is 316 g/mol. The van der Waals surface area contributed by atoms with Crippen molar-refractivity contribution in [3.8, 4) is 0 Å². The molecule has 0 fully saturated rings. The Hall–Kier alpha value is -2.47. The summed E-state index contributed by atoms with van der Waals surface area (Å²) in [4.78, 5) is 26.4. The molecule has 1 amide bonds. The Bertz CT molecular complexity index is 665. The van der Waals surface area contributed by atoms with Gasteiger partial charge in [0.15, 0.2) is 5.13 Å². The van der Waals surface area contributed by atoms with Crippen LogP contribution in [0.5, 0.6) is 0 Å². The predicted octanol–water partition coefficient (Wildman–Crippen LogP) is 3.20. The molecule has 0 unspecified atom stereocenters. The van der Waals surface area contributed by atoms with E-state index in [9.17, 15) is 9.59 Å². The number of nitrogens with zero attached hydrogens (tertiary/aromatic N) is 1. The molecule has 0 aliphatic rings. The molecule has 5 nitrogen and oxygen atoms in total. The zero-order chi connectivity index (χ0) is 15.8. The molecule has 0 aliphatic heterocycles. The number of aliphatic carboxylic acids is 1. The second kappa shape index (κ2) is 8.09. The third-order valence-electron chi connectivity index (χ3n) is 2.78. The number of rotatable bonds is 7. The minimum Gasteiger partial charge on any atom is -0.481 e. The Labute approximate surface area is 132 Å². The second-order valence-electron chi connectivity index (χ2n) is 4.61. The highest BCUT2D eigenvalue weighted by Crippen LogP contribution is 2.16. The number of carbonyl (C=O) groups excluding carboxylic acids is 1. The number of thiazole rings is 1. The van der Waals surface area contributed by atoms with Gasteiger partial charge in [-0.1, -0.05) is 42.5 Å². The van der Waals surface area contributed by atoms with E-state index in [2.05, 4.69) is 10.3 Å². The Morgan fingerprint density at radius 2 is 2.05 bits per heavy atom. The van der Waals surface area contributed by atoms with Crippen LogP contribution in [0.2, 0.25) is 0 Å². The molecule has 0 aliphatic carbocycles. The summed E-state index contributed by atoms with van der Waals surface area (Å²) < 4.78 is 0. The van der Waals surface area contributed by atoms with Crippen molar-refractivity contribution in [2.75, 3.05) is 5.32 Å². The fourth-order valence-corrected chi connectivity index (χ4v) is 2.51. The van der Waals surface area contributed by atoms with Crippen molar-refractivity contribution in [3.05, 3.63) is 53.0 Å². The maximum atomic E-state index is 11.8. The number of carboxylic acid groups (broad SMARTS) is 1. The summed E-state index contributed by atoms with van der Waals surface area (Å²) in [5.74, 6) is -1.07. The standard InChI is InChI=1S/C16H16N2O3S/c19-14(9-5-4-8-12-6-2-1-3-7-12)18-16-17-13(11-22-16)10-15(20)21/h1-4,6-8,11H,5,9-10H2,(H,20,21)(H,17,18,19)/b8-4+. The van der Waals surface area contributed by atoms with Crippen LogP contribution in [-0.4, -0.2) is 22.0 Å². The number of allylic oxidation sites excluding steroid dienone is 1. The van der Waals surface area contributed by atoms with Crippen molar-refractivity contribution >= 4 is 34.4 Å². The van der Waals surface area contributed by atoms with Gasteiger partial charge in [-0.15, -0.1) is 11.3 Å². The molecule has 2 rings (SSSR count). The zero-order valence-corrected chi connectivity index (χ0v) is 12.7. The lowest BCUT2D eigenvalue weighted by Crippen LogP contribution is -2.10. The number of hydrogen-bond donors (Lipinski definition) is 2. The van der Waals surface area contributed by atoms with Gasteiger partial charge in [0.25, 0.3) is 0 Å². The van der Waals surface area contributed by atoms with E-state index >= 15 is 0 Å². The first-order chi connectivity index (χ1) is 10.6. The summed E-state index contributed by atoms with van der Waals surface area (Å²) in [6.45, 7) is 0. The van der Waals surface area contributed by atoms with E-state index in [1.54, 1.807) is 5.38 Å². The van der Waals surface area contributed by atoms with Crippen molar-refractivity contribution in [2.24, 2.45) is 0 Å². The number of nitrogens with one attached hydrogen (secondary N) is 1. The molecule has 0 atom stereocenters. The molecule has 114 valence electrons. The van der Waals surface area contributed by atoms with Gasteiger partial charge in [-0.25, -0.2) is 4.98 Å². The first kappa shape index (κ1) is 15.9. The maximum Gasteiger partial charge on any atom is 0.309 e. The van der Waals surface area contributed by atoms with Crippen LogP contribution in [-0.2, 0) is 16.0 Å². The highest BCUT2D eigenvalue weighted by Gasteiger charge is 2.08. The minimum atomic E-state index is -0.936. The monoisotopic (exact) mass is 316 g/mol. The van der Waals surface area contributed by atoms with Gasteiger partial charge in [0, 0.05) is 11.8 Å². The van der Waals surface area contributed by atoms with Crippen LogP contribution in [0.15, 0.2) is 41.8 Å². The topological polar surface area (TPSA) is 79.3 Å². The van der Waals surface area contributed by atoms with Crippen LogP contribution in [0.25, 0.3) is 6.08 Å². The normalized spacial score (nSPS) is 10.7. The summed E-state index contributed by atoms with van der Waals surface area (Å²) in [5, 5.41) is 13.4. The lowest BCUT2D eigenvalue weighted by atomic mass is 10.2. The molecule has 0 saturated heterocycles. The summed E-state index contributed by atoms with van der Waals surface area (Å²) in [6.07, 6.45) is 4.78. The van der Waals surface area contributed by atoms with Gasteiger partial charge in [-0.2, -0.15) is 0 Å². The second-order valence-corrected chi connectivity index (χ2v) is 5.47. The maximum absolute atomic E-state index is 11.8. The van der Waals surface area contributed by atoms with Crippen LogP contribution in [0.4, 0.5) is 5.13 Å². The van der Waals surface area contributed by atoms with Crippen LogP contribution >= 0.6 is 11.3 Å². The largest absolute Gasteiger partial charge is 0.481 e. The fraction of sp³-hybridized carbons (Fsp3) is 0.188. The molecule has 2 N–H and O–H groups in total. The predicted molar refractivity (Wildman–Crippen MR) is 86.8 cm³/mol.